The minimum absolute atomic E-state index is 0.113. The normalized spacial score (nSPS) is 29.4. The van der Waals surface area contributed by atoms with Crippen LogP contribution in [0.2, 0.25) is 0 Å². The molecule has 4 aliphatic carbocycles. The van der Waals surface area contributed by atoms with Crippen molar-refractivity contribution in [1.82, 2.24) is 0 Å². The van der Waals surface area contributed by atoms with Crippen LogP contribution in [0.1, 0.15) is 218 Å². The van der Waals surface area contributed by atoms with E-state index < -0.39 is 0 Å². The molecule has 57 heavy (non-hydrogen) atoms. The Hall–Kier alpha value is -2.00. The molecule has 0 aromatic heterocycles. The third-order valence-electron chi connectivity index (χ3n) is 15.7. The van der Waals surface area contributed by atoms with E-state index in [0.717, 1.165) is 73.1 Å². The summed E-state index contributed by atoms with van der Waals surface area (Å²) < 4.78 is 19.9. The number of ether oxygens (including phenoxy) is 3. The van der Waals surface area contributed by atoms with E-state index in [1.165, 1.54) is 165 Å². The van der Waals surface area contributed by atoms with Gasteiger partial charge in [0.1, 0.15) is 11.5 Å². The fourth-order valence-corrected chi connectivity index (χ4v) is 12.1. The molecule has 6 rings (SSSR count). The summed E-state index contributed by atoms with van der Waals surface area (Å²) in [5.74, 6) is 8.84. The van der Waals surface area contributed by atoms with E-state index in [-0.39, 0.29) is 12.2 Å². The lowest BCUT2D eigenvalue weighted by atomic mass is 9.67. The molecule has 3 nitrogen and oxygen atoms in total. The van der Waals surface area contributed by atoms with Gasteiger partial charge in [0.05, 0.1) is 25.4 Å². The first-order valence-electron chi connectivity index (χ1n) is 25.2. The summed E-state index contributed by atoms with van der Waals surface area (Å²) in [4.78, 5) is 0. The van der Waals surface area contributed by atoms with Crippen LogP contribution < -0.4 is 9.47 Å². The van der Waals surface area contributed by atoms with Gasteiger partial charge < -0.3 is 14.2 Å². The van der Waals surface area contributed by atoms with Gasteiger partial charge in [0.2, 0.25) is 0 Å². The first kappa shape index (κ1) is 44.5. The maximum Gasteiger partial charge on any atom is 0.119 e. The molecule has 0 radical (unpaired) electrons. The van der Waals surface area contributed by atoms with Gasteiger partial charge in [-0.3, -0.25) is 0 Å². The maximum atomic E-state index is 7.75. The zero-order valence-corrected chi connectivity index (χ0v) is 37.4. The lowest BCUT2D eigenvalue weighted by Gasteiger charge is -2.43. The van der Waals surface area contributed by atoms with Crippen LogP contribution in [0, 0.1) is 47.3 Å². The molecular formula is C54H86O3. The predicted octanol–water partition coefficient (Wildman–Crippen LogP) is 16.4. The number of hydrogen-bond donors (Lipinski definition) is 0. The Morgan fingerprint density at radius 1 is 0.404 bits per heavy atom. The Kier molecular flexibility index (Phi) is 19.0. The zero-order chi connectivity index (χ0) is 39.7. The van der Waals surface area contributed by atoms with Crippen molar-refractivity contribution in [3.63, 3.8) is 0 Å². The average Bonchev–Trinajstić information content (AvgIpc) is 3.27. The van der Waals surface area contributed by atoms with Gasteiger partial charge in [0, 0.05) is 0 Å². The van der Waals surface area contributed by atoms with E-state index >= 15 is 0 Å². The van der Waals surface area contributed by atoms with Gasteiger partial charge in [0.15, 0.2) is 0 Å². The first-order valence-corrected chi connectivity index (χ1v) is 25.2. The van der Waals surface area contributed by atoms with E-state index in [4.69, 9.17) is 14.2 Å². The monoisotopic (exact) mass is 783 g/mol. The Morgan fingerprint density at radius 3 is 1.05 bits per heavy atom. The molecule has 3 heteroatoms. The van der Waals surface area contributed by atoms with Crippen molar-refractivity contribution in [3.8, 4) is 11.5 Å². The Bertz CT molecular complexity index is 1220. The van der Waals surface area contributed by atoms with Crippen molar-refractivity contribution >= 4 is 0 Å². The van der Waals surface area contributed by atoms with Crippen LogP contribution in [0.15, 0.2) is 48.5 Å². The lowest BCUT2D eigenvalue weighted by molar-refractivity contribution is -0.0935. The number of benzene rings is 2. The van der Waals surface area contributed by atoms with E-state index in [0.29, 0.717) is 11.8 Å². The van der Waals surface area contributed by atoms with Crippen molar-refractivity contribution < 1.29 is 14.2 Å². The molecule has 4 aliphatic rings. The third-order valence-corrected chi connectivity index (χ3v) is 15.7. The molecule has 4 fully saturated rings. The van der Waals surface area contributed by atoms with E-state index in [1.807, 2.05) is 0 Å². The van der Waals surface area contributed by atoms with Gasteiger partial charge in [-0.2, -0.15) is 0 Å². The van der Waals surface area contributed by atoms with E-state index in [2.05, 4.69) is 76.2 Å². The highest BCUT2D eigenvalue weighted by Crippen LogP contribution is 2.50. The number of unbranched alkanes of at least 4 members (excludes halogenated alkanes) is 4. The number of rotatable bonds is 22. The van der Waals surface area contributed by atoms with Crippen LogP contribution in [0.3, 0.4) is 0 Å². The van der Waals surface area contributed by atoms with Crippen LogP contribution in [0.4, 0.5) is 0 Å². The molecule has 0 aliphatic heterocycles. The molecule has 2 unspecified atom stereocenters. The molecule has 0 bridgehead atoms. The molecule has 0 saturated heterocycles. The lowest BCUT2D eigenvalue weighted by Crippen LogP contribution is -2.31. The third kappa shape index (κ3) is 13.5. The van der Waals surface area contributed by atoms with Crippen molar-refractivity contribution in [2.75, 3.05) is 13.2 Å². The SMILES string of the molecule is CCCCC[C@H]1CC[C@H]([C@H]2CC[C@H](C(OC(c3ccc(OCCC)cc3)[C@H]3CC[C@H]([C@H]4CC[C@H](CCCCC)CC4)CC3)c3ccc(OCCC)cc3)CC2)CC1. The van der Waals surface area contributed by atoms with Crippen molar-refractivity contribution in [2.45, 2.75) is 207 Å². The quantitative estimate of drug-likeness (QED) is 0.111. The molecule has 2 aromatic carbocycles. The molecule has 2 atom stereocenters. The standard InChI is InChI=1S/C54H86O3/c1-5-9-11-13-41-15-19-43(20-16-41)45-23-27-47(28-24-45)53(49-31-35-51(36-32-49)55-39-7-3)57-54(50-33-37-52(38-34-50)56-40-8-4)48-29-25-46(26-30-48)44-21-17-42(18-22-44)14-12-10-6-2/h31-38,41-48,53-54H,5-30,39-40H2,1-4H3/t41-,42-,43-,44-,45-,46-,47-,48-,53?,54?. The minimum Gasteiger partial charge on any atom is -0.494 e. The van der Waals surface area contributed by atoms with Gasteiger partial charge in [-0.25, -0.2) is 0 Å². The average molecular weight is 783 g/mol. The fourth-order valence-electron chi connectivity index (χ4n) is 12.1. The summed E-state index contributed by atoms with van der Waals surface area (Å²) >= 11 is 0. The second kappa shape index (κ2) is 24.3. The fraction of sp³-hybridized carbons (Fsp3) is 0.778. The van der Waals surface area contributed by atoms with Crippen LogP contribution >= 0.6 is 0 Å². The summed E-state index contributed by atoms with van der Waals surface area (Å²) in [5.41, 5.74) is 2.71. The smallest absolute Gasteiger partial charge is 0.119 e. The minimum atomic E-state index is 0.113. The Morgan fingerprint density at radius 2 is 0.737 bits per heavy atom. The predicted molar refractivity (Wildman–Crippen MR) is 241 cm³/mol. The van der Waals surface area contributed by atoms with Gasteiger partial charge in [-0.05, 0) is 173 Å². The largest absolute Gasteiger partial charge is 0.494 e. The van der Waals surface area contributed by atoms with Crippen molar-refractivity contribution in [2.24, 2.45) is 47.3 Å². The molecule has 0 heterocycles. The summed E-state index contributed by atoms with van der Waals surface area (Å²) in [7, 11) is 0. The Balaban J connectivity index is 1.14. The first-order chi connectivity index (χ1) is 28.1. The molecule has 0 N–H and O–H groups in total. The Labute approximate surface area is 351 Å². The van der Waals surface area contributed by atoms with Crippen LogP contribution in [-0.2, 0) is 4.74 Å². The highest BCUT2D eigenvalue weighted by molar-refractivity contribution is 5.31. The molecule has 2 aromatic rings. The van der Waals surface area contributed by atoms with Gasteiger partial charge >= 0.3 is 0 Å². The second-order valence-electron chi connectivity index (χ2n) is 19.7. The van der Waals surface area contributed by atoms with Crippen molar-refractivity contribution in [3.05, 3.63) is 59.7 Å². The van der Waals surface area contributed by atoms with Crippen molar-refractivity contribution in [1.29, 1.82) is 0 Å². The summed E-state index contributed by atoms with van der Waals surface area (Å²) in [6, 6.07) is 18.2. The molecule has 4 saturated carbocycles. The van der Waals surface area contributed by atoms with Crippen LogP contribution in [0.25, 0.3) is 0 Å². The molecule has 0 spiro atoms. The molecule has 0 amide bonds. The zero-order valence-electron chi connectivity index (χ0n) is 37.4. The highest BCUT2D eigenvalue weighted by atomic mass is 16.5. The van der Waals surface area contributed by atoms with Gasteiger partial charge in [-0.1, -0.05) is 129 Å². The molecular weight excluding hydrogens is 697 g/mol. The summed E-state index contributed by atoms with van der Waals surface area (Å²) in [6.45, 7) is 10.6. The summed E-state index contributed by atoms with van der Waals surface area (Å²) in [6.07, 6.45) is 36.3. The maximum absolute atomic E-state index is 7.75. The van der Waals surface area contributed by atoms with Gasteiger partial charge in [-0.15, -0.1) is 0 Å². The number of hydrogen-bond acceptors (Lipinski definition) is 3. The molecule has 320 valence electrons. The second-order valence-corrected chi connectivity index (χ2v) is 19.7. The summed E-state index contributed by atoms with van der Waals surface area (Å²) in [5, 5.41) is 0. The topological polar surface area (TPSA) is 27.7 Å². The van der Waals surface area contributed by atoms with Gasteiger partial charge in [0.25, 0.3) is 0 Å². The van der Waals surface area contributed by atoms with Crippen LogP contribution in [-0.4, -0.2) is 13.2 Å². The highest BCUT2D eigenvalue weighted by Gasteiger charge is 2.39. The van der Waals surface area contributed by atoms with E-state index in [1.54, 1.807) is 0 Å². The van der Waals surface area contributed by atoms with Crippen LogP contribution in [0.5, 0.6) is 11.5 Å². The van der Waals surface area contributed by atoms with E-state index in [9.17, 15) is 0 Å².